The molecule has 0 spiro atoms. The van der Waals surface area contributed by atoms with Crippen LogP contribution in [-0.4, -0.2) is 42.7 Å². The minimum atomic E-state index is -5.16. The van der Waals surface area contributed by atoms with Crippen molar-refractivity contribution in [3.8, 4) is 11.8 Å². The average Bonchev–Trinajstić information content (AvgIpc) is 2.87. The van der Waals surface area contributed by atoms with E-state index in [0.717, 1.165) is 31.4 Å². The molecule has 1 amide bonds. The van der Waals surface area contributed by atoms with Crippen LogP contribution in [0.1, 0.15) is 0 Å². The predicted molar refractivity (Wildman–Crippen MR) is 73.9 cm³/mol. The number of rotatable bonds is 4. The van der Waals surface area contributed by atoms with Crippen LogP contribution in [0.5, 0.6) is 11.8 Å². The predicted octanol–water partition coefficient (Wildman–Crippen LogP) is -1.79. The summed E-state index contributed by atoms with van der Waals surface area (Å²) in [5, 5.41) is 3.30. The fourth-order valence-corrected chi connectivity index (χ4v) is 2.59. The molecule has 0 fully saturated rings. The molecule has 15 heteroatoms. The number of nitrogens with zero attached hydrogens (tertiary/aromatic N) is 3. The van der Waals surface area contributed by atoms with Crippen LogP contribution in [0, 0.1) is 0 Å². The van der Waals surface area contributed by atoms with Gasteiger partial charge in [-0.1, -0.05) is 12.1 Å². The Labute approximate surface area is 165 Å². The van der Waals surface area contributed by atoms with Gasteiger partial charge in [0.2, 0.25) is 10.0 Å². The fourth-order valence-electron chi connectivity index (χ4n) is 1.59. The van der Waals surface area contributed by atoms with Crippen molar-refractivity contribution in [2.24, 2.45) is 0 Å². The Morgan fingerprint density at radius 2 is 1.92 bits per heavy atom. The largest absolute Gasteiger partial charge is 1.00 e. The summed E-state index contributed by atoms with van der Waals surface area (Å²) in [5.41, 5.74) is -1.15. The van der Waals surface area contributed by atoms with Gasteiger partial charge in [0.05, 0.1) is 7.11 Å². The van der Waals surface area contributed by atoms with Gasteiger partial charge in [0.1, 0.15) is 10.6 Å². The molecule has 0 unspecified atom stereocenters. The minimum Gasteiger partial charge on any atom is -0.468 e. The zero-order valence-corrected chi connectivity index (χ0v) is 16.0. The molecule has 0 aliphatic rings. The maximum Gasteiger partial charge on any atom is 1.00 e. The smallest absolute Gasteiger partial charge is 0.468 e. The second-order valence-corrected chi connectivity index (χ2v) is 5.77. The summed E-state index contributed by atoms with van der Waals surface area (Å²) >= 11 is 0. The van der Waals surface area contributed by atoms with Crippen LogP contribution in [0.25, 0.3) is 4.72 Å². The number of hydrogen-bond acceptors (Lipinski definition) is 7. The maximum atomic E-state index is 12.3. The van der Waals surface area contributed by atoms with Crippen LogP contribution < -0.4 is 44.7 Å². The number of benzene rings is 1. The number of methoxy groups -OCH3 is 1. The number of H-pyrrole nitrogens is 1. The quantitative estimate of drug-likeness (QED) is 0.595. The van der Waals surface area contributed by atoms with E-state index in [4.69, 9.17) is 0 Å². The molecule has 0 radical (unpaired) electrons. The van der Waals surface area contributed by atoms with Gasteiger partial charge in [-0.15, -0.1) is 13.2 Å². The SMILES string of the molecule is COc1nn(C(=O)[N-]S(=O)(=O)c2ccccc2OC(F)(F)F)c(=O)[nH]1.[Na+]. The van der Waals surface area contributed by atoms with Gasteiger partial charge in [0.25, 0.3) is 11.7 Å². The number of alkyl halides is 3. The Kier molecular flexibility index (Phi) is 6.87. The molecule has 1 aromatic carbocycles. The number of nitrogens with one attached hydrogen (secondary N) is 1. The van der Waals surface area contributed by atoms with Crippen molar-refractivity contribution in [2.45, 2.75) is 11.3 Å². The number of carbonyl (C=O) groups excluding carboxylic acids is 1. The number of halogens is 3. The van der Waals surface area contributed by atoms with Crippen molar-refractivity contribution in [2.75, 3.05) is 7.11 Å². The van der Waals surface area contributed by atoms with Crippen LogP contribution >= 0.6 is 0 Å². The second kappa shape index (κ2) is 8.11. The first-order valence-electron chi connectivity index (χ1n) is 6.14. The van der Waals surface area contributed by atoms with Crippen molar-refractivity contribution >= 4 is 16.1 Å². The number of amides is 1. The van der Waals surface area contributed by atoms with Crippen molar-refractivity contribution in [3.63, 3.8) is 0 Å². The summed E-state index contributed by atoms with van der Waals surface area (Å²) in [7, 11) is -3.81. The number of para-hydroxylation sites is 1. The Bertz CT molecular complexity index is 955. The maximum absolute atomic E-state index is 12.3. The van der Waals surface area contributed by atoms with Gasteiger partial charge in [-0.05, 0) is 12.1 Å². The number of carbonyl (C=O) groups is 1. The molecule has 0 atom stereocenters. The molecular weight excluding hydrogens is 396 g/mol. The van der Waals surface area contributed by atoms with Gasteiger partial charge < -0.3 is 14.2 Å². The van der Waals surface area contributed by atoms with Crippen molar-refractivity contribution < 1.29 is 65.4 Å². The van der Waals surface area contributed by atoms with Crippen LogP contribution in [0.15, 0.2) is 34.0 Å². The summed E-state index contributed by atoms with van der Waals surface area (Å²) in [6.45, 7) is 0. The molecule has 10 nitrogen and oxygen atoms in total. The first-order valence-corrected chi connectivity index (χ1v) is 7.58. The van der Waals surface area contributed by atoms with Crippen LogP contribution in [0.4, 0.5) is 18.0 Å². The van der Waals surface area contributed by atoms with Crippen molar-refractivity contribution in [1.29, 1.82) is 0 Å². The fraction of sp³-hybridized carbons (Fsp3) is 0.182. The molecule has 0 saturated heterocycles. The molecule has 136 valence electrons. The van der Waals surface area contributed by atoms with E-state index in [1.807, 2.05) is 4.98 Å². The molecule has 1 N–H and O–H groups in total. The van der Waals surface area contributed by atoms with E-state index in [1.165, 1.54) is 0 Å². The number of aromatic amines is 1. The van der Waals surface area contributed by atoms with E-state index in [2.05, 4.69) is 19.3 Å². The number of sulfonamides is 1. The van der Waals surface area contributed by atoms with Crippen LogP contribution in [0.2, 0.25) is 0 Å². The standard InChI is InChI=1S/C11H9F3N4O6S.Na/c1-23-8-15-9(19)18(16-8)10(20)17-25(21,22)7-5-3-2-4-6(7)24-11(12,13)14;/h2-5H,1H3,(H2,15,16,17,19,20);/q;+1/p-1. The molecule has 1 heterocycles. The molecule has 0 saturated carbocycles. The molecule has 0 aliphatic carbocycles. The summed E-state index contributed by atoms with van der Waals surface area (Å²) in [6, 6.07) is 1.61. The summed E-state index contributed by atoms with van der Waals surface area (Å²) in [6.07, 6.45) is -5.16. The molecule has 1 aromatic heterocycles. The topological polar surface area (TPSA) is 134 Å². The third kappa shape index (κ3) is 5.23. The summed E-state index contributed by atoms with van der Waals surface area (Å²) in [5.74, 6) is -1.08. The normalized spacial score (nSPS) is 11.4. The molecule has 2 aromatic rings. The van der Waals surface area contributed by atoms with Gasteiger partial charge in [-0.2, -0.15) is 5.10 Å². The third-order valence-corrected chi connectivity index (χ3v) is 3.81. The van der Waals surface area contributed by atoms with Crippen LogP contribution in [0.3, 0.4) is 0 Å². The summed E-state index contributed by atoms with van der Waals surface area (Å²) < 4.78 is 72.1. The van der Waals surface area contributed by atoms with E-state index in [9.17, 15) is 31.2 Å². The summed E-state index contributed by atoms with van der Waals surface area (Å²) in [4.78, 5) is 24.2. The first-order chi connectivity index (χ1) is 11.5. The van der Waals surface area contributed by atoms with Gasteiger partial charge in [0.15, 0.2) is 6.03 Å². The number of aromatic nitrogens is 3. The van der Waals surface area contributed by atoms with Crippen LogP contribution in [-0.2, 0) is 10.0 Å². The molecular formula is C11H8F3N4NaO6S. The Hall–Kier alpha value is -2.03. The molecule has 26 heavy (non-hydrogen) atoms. The number of ether oxygens (including phenoxy) is 2. The van der Waals surface area contributed by atoms with E-state index in [-0.39, 0.29) is 34.2 Å². The van der Waals surface area contributed by atoms with Gasteiger partial charge in [-0.3, -0.25) is 19.3 Å². The van der Waals surface area contributed by atoms with E-state index in [0.29, 0.717) is 0 Å². The zero-order chi connectivity index (χ0) is 18.8. The molecule has 2 rings (SSSR count). The second-order valence-electron chi connectivity index (χ2n) is 4.19. The monoisotopic (exact) mass is 404 g/mol. The van der Waals surface area contributed by atoms with E-state index >= 15 is 0 Å². The minimum absolute atomic E-state index is 0. The van der Waals surface area contributed by atoms with E-state index < -0.39 is 44.8 Å². The third-order valence-electron chi connectivity index (χ3n) is 2.52. The van der Waals surface area contributed by atoms with Crippen molar-refractivity contribution in [3.05, 3.63) is 39.5 Å². The Morgan fingerprint density at radius 3 is 2.46 bits per heavy atom. The van der Waals surface area contributed by atoms with Gasteiger partial charge >= 0.3 is 35.9 Å². The van der Waals surface area contributed by atoms with Gasteiger partial charge in [0, 0.05) is 0 Å². The molecule has 0 bridgehead atoms. The van der Waals surface area contributed by atoms with Gasteiger partial charge in [-0.25, -0.2) is 8.42 Å². The first kappa shape index (κ1) is 22.0. The Balaban J connectivity index is 0.00000338. The Morgan fingerprint density at radius 1 is 1.31 bits per heavy atom. The van der Waals surface area contributed by atoms with E-state index in [1.54, 1.807) is 0 Å². The van der Waals surface area contributed by atoms with Crippen molar-refractivity contribution in [1.82, 2.24) is 14.8 Å². The average molecular weight is 404 g/mol. The zero-order valence-electron chi connectivity index (χ0n) is 13.1. The number of hydrogen-bond donors (Lipinski definition) is 1. The molecule has 0 aliphatic heterocycles.